The van der Waals surface area contributed by atoms with E-state index in [4.69, 9.17) is 0 Å². The molecule has 2 heterocycles. The number of hydrogen-bond donors (Lipinski definition) is 1. The van der Waals surface area contributed by atoms with Crippen LogP contribution in [0.15, 0.2) is 125 Å². The molecule has 39 heavy (non-hydrogen) atoms. The molecule has 4 aromatic rings. The molecule has 2 aliphatic rings. The van der Waals surface area contributed by atoms with Crippen molar-refractivity contribution in [1.29, 1.82) is 0 Å². The van der Waals surface area contributed by atoms with Crippen LogP contribution < -0.4 is 5.32 Å². The third kappa shape index (κ3) is 4.90. The summed E-state index contributed by atoms with van der Waals surface area (Å²) in [5, 5.41) is 3.31. The lowest BCUT2D eigenvalue weighted by atomic mass is 10.0. The summed E-state index contributed by atoms with van der Waals surface area (Å²) in [4.78, 5) is 36.1. The average Bonchev–Trinajstić information content (AvgIpc) is 3.39. The predicted molar refractivity (Wildman–Crippen MR) is 154 cm³/mol. The maximum Gasteiger partial charge on any atom is 0.266 e. The summed E-state index contributed by atoms with van der Waals surface area (Å²) >= 11 is 0. The van der Waals surface area contributed by atoms with Crippen molar-refractivity contribution in [3.05, 3.63) is 132 Å². The summed E-state index contributed by atoms with van der Waals surface area (Å²) in [7, 11) is 2.01. The highest BCUT2D eigenvalue weighted by atomic mass is 16.2. The largest absolute Gasteiger partial charge is 0.368 e. The fourth-order valence-corrected chi connectivity index (χ4v) is 5.08. The van der Waals surface area contributed by atoms with Gasteiger partial charge in [0.25, 0.3) is 11.8 Å². The predicted octanol–water partition coefficient (Wildman–Crippen LogP) is 5.46. The van der Waals surface area contributed by atoms with Gasteiger partial charge in [0.05, 0.1) is 0 Å². The number of amides is 2. The van der Waals surface area contributed by atoms with Crippen molar-refractivity contribution in [3.8, 4) is 22.3 Å². The second kappa shape index (κ2) is 10.5. The van der Waals surface area contributed by atoms with Gasteiger partial charge in [0, 0.05) is 35.5 Å². The van der Waals surface area contributed by atoms with E-state index < -0.39 is 11.8 Å². The molecule has 0 atom stereocenters. The number of carbonyl (C=O) groups excluding carboxylic acids is 2. The molecule has 0 saturated heterocycles. The summed E-state index contributed by atoms with van der Waals surface area (Å²) in [5.74, 6) is -0.370. The van der Waals surface area contributed by atoms with Crippen LogP contribution in [0.5, 0.6) is 0 Å². The number of imide groups is 1. The molecule has 192 valence electrons. The van der Waals surface area contributed by atoms with Crippen LogP contribution in [-0.2, 0) is 0 Å². The van der Waals surface area contributed by atoms with Crippen LogP contribution in [0, 0.1) is 0 Å². The molecule has 2 amide bonds. The van der Waals surface area contributed by atoms with E-state index in [-0.39, 0.29) is 0 Å². The Morgan fingerprint density at radius 3 is 1.62 bits per heavy atom. The third-order valence-electron chi connectivity index (χ3n) is 7.11. The molecule has 6 nitrogen and oxygen atoms in total. The van der Waals surface area contributed by atoms with Crippen LogP contribution in [0.2, 0.25) is 0 Å². The zero-order valence-corrected chi connectivity index (χ0v) is 21.7. The van der Waals surface area contributed by atoms with Gasteiger partial charge in [-0.2, -0.15) is 0 Å². The van der Waals surface area contributed by atoms with Gasteiger partial charge in [-0.25, -0.2) is 9.89 Å². The quantitative estimate of drug-likeness (QED) is 0.369. The molecule has 0 aromatic heterocycles. The van der Waals surface area contributed by atoms with Gasteiger partial charge in [0.15, 0.2) is 0 Å². The number of benzene rings is 4. The molecule has 2 aliphatic heterocycles. The highest BCUT2D eigenvalue weighted by Gasteiger charge is 2.36. The van der Waals surface area contributed by atoms with Crippen molar-refractivity contribution < 1.29 is 9.59 Å². The number of rotatable bonds is 4. The zero-order valence-electron chi connectivity index (χ0n) is 21.7. The SMILES string of the molecule is CN1CC2=C(C1)C(N(C(=O)c1ccc(-c3ccccc3)cc1)C(=O)c1ccc(-c3ccccc3)cc1)=NCN2. The molecule has 1 N–H and O–H groups in total. The van der Waals surface area contributed by atoms with Crippen molar-refractivity contribution in [2.24, 2.45) is 4.99 Å². The second-order valence-corrected chi connectivity index (χ2v) is 9.78. The highest BCUT2D eigenvalue weighted by Crippen LogP contribution is 2.26. The Bertz CT molecular complexity index is 1480. The van der Waals surface area contributed by atoms with Crippen molar-refractivity contribution in [3.63, 3.8) is 0 Å². The van der Waals surface area contributed by atoms with Crippen molar-refractivity contribution in [1.82, 2.24) is 15.1 Å². The number of likely N-dealkylation sites (N-methyl/N-ethyl adjacent to an activating group) is 1. The molecule has 0 fully saturated rings. The molecule has 0 radical (unpaired) electrons. The van der Waals surface area contributed by atoms with E-state index in [9.17, 15) is 9.59 Å². The van der Waals surface area contributed by atoms with E-state index in [0.717, 1.165) is 40.1 Å². The van der Waals surface area contributed by atoms with Gasteiger partial charge < -0.3 is 5.32 Å². The van der Waals surface area contributed by atoms with Gasteiger partial charge in [-0.1, -0.05) is 84.9 Å². The zero-order chi connectivity index (χ0) is 26.8. The Balaban J connectivity index is 1.36. The summed E-state index contributed by atoms with van der Waals surface area (Å²) in [6, 6.07) is 34.8. The minimum atomic E-state index is -0.395. The summed E-state index contributed by atoms with van der Waals surface area (Å²) in [6.07, 6.45) is 0. The van der Waals surface area contributed by atoms with Crippen LogP contribution in [0.4, 0.5) is 0 Å². The summed E-state index contributed by atoms with van der Waals surface area (Å²) in [5.41, 5.74) is 6.88. The number of nitrogens with zero attached hydrogens (tertiary/aromatic N) is 3. The maximum atomic E-state index is 14.0. The fourth-order valence-electron chi connectivity index (χ4n) is 5.08. The van der Waals surface area contributed by atoms with Crippen LogP contribution in [0.1, 0.15) is 20.7 Å². The molecule has 0 aliphatic carbocycles. The van der Waals surface area contributed by atoms with Crippen LogP contribution in [0.3, 0.4) is 0 Å². The number of nitrogens with one attached hydrogen (secondary N) is 1. The Labute approximate surface area is 227 Å². The van der Waals surface area contributed by atoms with Crippen LogP contribution in [-0.4, -0.2) is 54.3 Å². The van der Waals surface area contributed by atoms with Crippen molar-refractivity contribution in [2.45, 2.75) is 0 Å². The smallest absolute Gasteiger partial charge is 0.266 e. The Morgan fingerprint density at radius 1 is 0.667 bits per heavy atom. The van der Waals surface area contributed by atoms with Gasteiger partial charge in [-0.05, 0) is 53.6 Å². The van der Waals surface area contributed by atoms with Gasteiger partial charge in [-0.15, -0.1) is 0 Å². The van der Waals surface area contributed by atoms with Crippen molar-refractivity contribution >= 4 is 17.6 Å². The molecule has 0 spiro atoms. The van der Waals surface area contributed by atoms with E-state index >= 15 is 0 Å². The molecule has 4 aromatic carbocycles. The molecule has 0 saturated carbocycles. The Morgan fingerprint density at radius 2 is 1.13 bits per heavy atom. The lowest BCUT2D eigenvalue weighted by Gasteiger charge is -2.27. The summed E-state index contributed by atoms with van der Waals surface area (Å²) < 4.78 is 0. The molecule has 0 unspecified atom stereocenters. The monoisotopic (exact) mass is 512 g/mol. The number of hydrogen-bond acceptors (Lipinski definition) is 5. The minimum Gasteiger partial charge on any atom is -0.368 e. The summed E-state index contributed by atoms with van der Waals surface area (Å²) in [6.45, 7) is 1.65. The molecule has 0 bridgehead atoms. The van der Waals surface area contributed by atoms with Gasteiger partial charge in [0.2, 0.25) is 0 Å². The van der Waals surface area contributed by atoms with Crippen LogP contribution in [0.25, 0.3) is 22.3 Å². The van der Waals surface area contributed by atoms with Gasteiger partial charge in [-0.3, -0.25) is 14.5 Å². The maximum absolute atomic E-state index is 14.0. The first kappa shape index (κ1) is 24.5. The van der Waals surface area contributed by atoms with E-state index in [1.54, 1.807) is 24.3 Å². The first-order chi connectivity index (χ1) is 19.1. The fraction of sp³-hybridized carbons (Fsp3) is 0.121. The lowest BCUT2D eigenvalue weighted by Crippen LogP contribution is -2.45. The highest BCUT2D eigenvalue weighted by molar-refractivity contribution is 6.26. The van der Waals surface area contributed by atoms with E-state index in [2.05, 4.69) is 15.2 Å². The van der Waals surface area contributed by atoms with Crippen molar-refractivity contribution in [2.75, 3.05) is 26.8 Å². The number of amidine groups is 1. The van der Waals surface area contributed by atoms with E-state index in [0.29, 0.717) is 30.2 Å². The lowest BCUT2D eigenvalue weighted by molar-refractivity contribution is 0.0713. The molecule has 6 rings (SSSR count). The van der Waals surface area contributed by atoms with Gasteiger partial charge in [0.1, 0.15) is 12.5 Å². The Hall–Kier alpha value is -4.81. The van der Waals surface area contributed by atoms with Gasteiger partial charge >= 0.3 is 0 Å². The normalized spacial score (nSPS) is 14.8. The number of aliphatic imine (C=N–C) groups is 1. The molecule has 6 heteroatoms. The third-order valence-corrected chi connectivity index (χ3v) is 7.11. The first-order valence-corrected chi connectivity index (χ1v) is 13.0. The first-order valence-electron chi connectivity index (χ1n) is 13.0. The topological polar surface area (TPSA) is 65.0 Å². The average molecular weight is 513 g/mol. The molecular weight excluding hydrogens is 484 g/mol. The number of carbonyl (C=O) groups is 2. The second-order valence-electron chi connectivity index (χ2n) is 9.78. The standard InChI is InChI=1S/C33H28N4O2/c1-36-20-29-30(21-36)34-22-35-31(29)37(32(38)27-16-12-25(13-17-27)23-8-4-2-5-9-23)33(39)28-18-14-26(15-19-28)24-10-6-3-7-11-24/h2-19,34H,20-22H2,1H3. The van der Waals surface area contributed by atoms with Crippen LogP contribution >= 0.6 is 0 Å². The Kier molecular flexibility index (Phi) is 6.61. The molecular formula is C33H28N4O2. The van der Waals surface area contributed by atoms with E-state index in [1.165, 1.54) is 4.90 Å². The minimum absolute atomic E-state index is 0.318. The van der Waals surface area contributed by atoms with E-state index in [1.807, 2.05) is 92.0 Å².